The Bertz CT molecular complexity index is 557. The largest absolute Gasteiger partial charge is 0.466 e. The van der Waals surface area contributed by atoms with Gasteiger partial charge in [-0.2, -0.15) is 0 Å². The van der Waals surface area contributed by atoms with Gasteiger partial charge in [-0.1, -0.05) is 17.7 Å². The van der Waals surface area contributed by atoms with E-state index in [2.05, 4.69) is 9.97 Å². The summed E-state index contributed by atoms with van der Waals surface area (Å²) in [5.74, 6) is -0.248. The lowest BCUT2D eigenvalue weighted by atomic mass is 10.1. The maximum absolute atomic E-state index is 11.3. The van der Waals surface area contributed by atoms with Crippen molar-refractivity contribution in [1.82, 2.24) is 9.97 Å². The molecule has 17 heavy (non-hydrogen) atoms. The maximum atomic E-state index is 11.3. The predicted molar refractivity (Wildman–Crippen MR) is 64.9 cm³/mol. The van der Waals surface area contributed by atoms with Crippen molar-refractivity contribution < 1.29 is 9.53 Å². The molecule has 1 heterocycles. The first-order valence-corrected chi connectivity index (χ1v) is 5.63. The van der Waals surface area contributed by atoms with Gasteiger partial charge in [0.15, 0.2) is 0 Å². The molecule has 0 fully saturated rings. The molecular formula is C12H11ClN2O2. The quantitative estimate of drug-likeness (QED) is 0.785. The molecule has 0 bridgehead atoms. The van der Waals surface area contributed by atoms with E-state index < -0.39 is 0 Å². The Labute approximate surface area is 104 Å². The summed E-state index contributed by atoms with van der Waals surface area (Å²) < 4.78 is 4.88. The van der Waals surface area contributed by atoms with Gasteiger partial charge in [0.05, 0.1) is 30.3 Å². The molecule has 4 nitrogen and oxygen atoms in total. The summed E-state index contributed by atoms with van der Waals surface area (Å²) in [4.78, 5) is 19.6. The molecule has 2 rings (SSSR count). The molecule has 5 heteroatoms. The van der Waals surface area contributed by atoms with Crippen molar-refractivity contribution in [2.24, 2.45) is 0 Å². The average Bonchev–Trinajstić information content (AvgIpc) is 2.28. The Morgan fingerprint density at radius 1 is 1.41 bits per heavy atom. The van der Waals surface area contributed by atoms with Crippen molar-refractivity contribution in [3.05, 3.63) is 35.1 Å². The van der Waals surface area contributed by atoms with Crippen LogP contribution in [-0.4, -0.2) is 22.5 Å². The molecule has 1 aromatic carbocycles. The van der Waals surface area contributed by atoms with Gasteiger partial charge in [-0.3, -0.25) is 9.78 Å². The van der Waals surface area contributed by atoms with Crippen LogP contribution >= 0.6 is 11.6 Å². The van der Waals surface area contributed by atoms with Crippen LogP contribution in [0, 0.1) is 0 Å². The average molecular weight is 251 g/mol. The van der Waals surface area contributed by atoms with Crippen molar-refractivity contribution in [2.75, 3.05) is 6.61 Å². The molecule has 0 amide bonds. The first kappa shape index (κ1) is 11.8. The molecule has 0 radical (unpaired) electrons. The van der Waals surface area contributed by atoms with E-state index in [4.69, 9.17) is 16.3 Å². The number of rotatable bonds is 3. The second kappa shape index (κ2) is 5.10. The van der Waals surface area contributed by atoms with Gasteiger partial charge >= 0.3 is 5.97 Å². The van der Waals surface area contributed by atoms with E-state index >= 15 is 0 Å². The number of carbonyl (C=O) groups excluding carboxylic acids is 1. The summed E-state index contributed by atoms with van der Waals surface area (Å²) in [6, 6.07) is 5.44. The lowest BCUT2D eigenvalue weighted by molar-refractivity contribution is -0.142. The number of hydrogen-bond donors (Lipinski definition) is 0. The second-order valence-corrected chi connectivity index (χ2v) is 3.88. The van der Waals surface area contributed by atoms with Crippen LogP contribution in [0.25, 0.3) is 11.0 Å². The Morgan fingerprint density at radius 2 is 2.24 bits per heavy atom. The zero-order valence-corrected chi connectivity index (χ0v) is 10.1. The number of fused-ring (bicyclic) bond motifs is 1. The van der Waals surface area contributed by atoms with Gasteiger partial charge in [0.2, 0.25) is 0 Å². The fourth-order valence-corrected chi connectivity index (χ4v) is 1.66. The van der Waals surface area contributed by atoms with E-state index in [1.54, 1.807) is 13.0 Å². The number of hydrogen-bond acceptors (Lipinski definition) is 4. The van der Waals surface area contributed by atoms with Crippen LogP contribution in [-0.2, 0) is 16.0 Å². The third-order valence-electron chi connectivity index (χ3n) is 2.23. The fraction of sp³-hybridized carbons (Fsp3) is 0.250. The van der Waals surface area contributed by atoms with E-state index in [-0.39, 0.29) is 12.4 Å². The molecule has 0 saturated heterocycles. The molecule has 0 aliphatic carbocycles. The molecule has 0 unspecified atom stereocenters. The highest BCUT2D eigenvalue weighted by atomic mass is 35.5. The SMILES string of the molecule is CCOC(=O)Cc1ccc2ncc(Cl)nc2c1. The summed E-state index contributed by atoms with van der Waals surface area (Å²) >= 11 is 5.76. The number of esters is 1. The first-order chi connectivity index (χ1) is 8.19. The lowest BCUT2D eigenvalue weighted by Crippen LogP contribution is -2.07. The fourth-order valence-electron chi connectivity index (χ4n) is 1.52. The maximum Gasteiger partial charge on any atom is 0.310 e. The van der Waals surface area contributed by atoms with Gasteiger partial charge in [-0.05, 0) is 24.6 Å². The zero-order chi connectivity index (χ0) is 12.3. The molecule has 2 aromatic rings. The van der Waals surface area contributed by atoms with Crippen molar-refractivity contribution in [3.63, 3.8) is 0 Å². The summed E-state index contributed by atoms with van der Waals surface area (Å²) in [5, 5.41) is 0.339. The van der Waals surface area contributed by atoms with E-state index in [1.165, 1.54) is 6.20 Å². The minimum absolute atomic E-state index is 0.234. The third-order valence-corrected chi connectivity index (χ3v) is 2.41. The number of benzene rings is 1. The Balaban J connectivity index is 2.27. The number of ether oxygens (including phenoxy) is 1. The predicted octanol–water partition coefficient (Wildman–Crippen LogP) is 2.39. The van der Waals surface area contributed by atoms with Crippen LogP contribution in [0.15, 0.2) is 24.4 Å². The van der Waals surface area contributed by atoms with E-state index in [0.717, 1.165) is 11.1 Å². The van der Waals surface area contributed by atoms with Crippen LogP contribution in [0.1, 0.15) is 12.5 Å². The van der Waals surface area contributed by atoms with E-state index in [0.29, 0.717) is 17.3 Å². The monoisotopic (exact) mass is 250 g/mol. The van der Waals surface area contributed by atoms with Crippen LogP contribution < -0.4 is 0 Å². The second-order valence-electron chi connectivity index (χ2n) is 3.50. The number of nitrogens with zero attached hydrogens (tertiary/aromatic N) is 2. The van der Waals surface area contributed by atoms with Gasteiger partial charge in [0.25, 0.3) is 0 Å². The van der Waals surface area contributed by atoms with Gasteiger partial charge in [0, 0.05) is 0 Å². The van der Waals surface area contributed by atoms with E-state index in [1.807, 2.05) is 12.1 Å². The molecule has 0 aliphatic rings. The molecule has 0 N–H and O–H groups in total. The third kappa shape index (κ3) is 2.91. The summed E-state index contributed by atoms with van der Waals surface area (Å²) in [5.41, 5.74) is 2.27. The molecule has 0 atom stereocenters. The summed E-state index contributed by atoms with van der Waals surface area (Å²) in [6.45, 7) is 2.17. The minimum Gasteiger partial charge on any atom is -0.466 e. The Kier molecular flexibility index (Phi) is 3.54. The molecule has 0 spiro atoms. The highest BCUT2D eigenvalue weighted by Crippen LogP contribution is 2.15. The van der Waals surface area contributed by atoms with E-state index in [9.17, 15) is 4.79 Å². The van der Waals surface area contributed by atoms with Crippen molar-refractivity contribution in [2.45, 2.75) is 13.3 Å². The molecular weight excluding hydrogens is 240 g/mol. The Hall–Kier alpha value is -1.68. The van der Waals surface area contributed by atoms with Gasteiger partial charge < -0.3 is 4.74 Å². The standard InChI is InChI=1S/C12H11ClN2O2/c1-2-17-12(16)6-8-3-4-9-10(5-8)15-11(13)7-14-9/h3-5,7H,2,6H2,1H3. The minimum atomic E-state index is -0.248. The van der Waals surface area contributed by atoms with Crippen molar-refractivity contribution in [1.29, 1.82) is 0 Å². The van der Waals surface area contributed by atoms with Crippen LogP contribution in [0.4, 0.5) is 0 Å². The van der Waals surface area contributed by atoms with Crippen LogP contribution in [0.2, 0.25) is 5.15 Å². The van der Waals surface area contributed by atoms with Crippen molar-refractivity contribution >= 4 is 28.6 Å². The zero-order valence-electron chi connectivity index (χ0n) is 9.31. The summed E-state index contributed by atoms with van der Waals surface area (Å²) in [7, 11) is 0. The van der Waals surface area contributed by atoms with Gasteiger partial charge in [0.1, 0.15) is 5.15 Å². The summed E-state index contributed by atoms with van der Waals surface area (Å²) in [6.07, 6.45) is 1.73. The highest BCUT2D eigenvalue weighted by molar-refractivity contribution is 6.29. The molecule has 0 saturated carbocycles. The van der Waals surface area contributed by atoms with Crippen LogP contribution in [0.5, 0.6) is 0 Å². The van der Waals surface area contributed by atoms with Crippen LogP contribution in [0.3, 0.4) is 0 Å². The number of aromatic nitrogens is 2. The molecule has 0 aliphatic heterocycles. The van der Waals surface area contributed by atoms with Crippen molar-refractivity contribution in [3.8, 4) is 0 Å². The number of halogens is 1. The topological polar surface area (TPSA) is 52.1 Å². The molecule has 88 valence electrons. The number of carbonyl (C=O) groups is 1. The Morgan fingerprint density at radius 3 is 3.00 bits per heavy atom. The first-order valence-electron chi connectivity index (χ1n) is 5.26. The van der Waals surface area contributed by atoms with Gasteiger partial charge in [-0.15, -0.1) is 0 Å². The molecule has 1 aromatic heterocycles. The normalized spacial score (nSPS) is 10.5. The van der Waals surface area contributed by atoms with Gasteiger partial charge in [-0.25, -0.2) is 4.98 Å². The highest BCUT2D eigenvalue weighted by Gasteiger charge is 2.06. The lowest BCUT2D eigenvalue weighted by Gasteiger charge is -2.03. The smallest absolute Gasteiger partial charge is 0.310 e.